The van der Waals surface area contributed by atoms with Gasteiger partial charge in [-0.3, -0.25) is 20.3 Å². The lowest BCUT2D eigenvalue weighted by molar-refractivity contribution is -0.385. The molecule has 2 N–H and O–H groups in total. The summed E-state index contributed by atoms with van der Waals surface area (Å²) < 4.78 is 33.7. The highest BCUT2D eigenvalue weighted by Gasteiger charge is 2.23. The maximum Gasteiger partial charge on any atom is 0.270 e. The normalized spacial score (nSPS) is 11.5. The van der Waals surface area contributed by atoms with Gasteiger partial charge in [-0.2, -0.15) is 5.10 Å². The van der Waals surface area contributed by atoms with Gasteiger partial charge in [0.1, 0.15) is 10.6 Å². The molecule has 3 aromatic rings. The van der Waals surface area contributed by atoms with E-state index in [1.54, 1.807) is 24.3 Å². The Hall–Kier alpha value is -4.18. The topological polar surface area (TPSA) is 123 Å². The van der Waals surface area contributed by atoms with Crippen molar-refractivity contribution in [3.8, 4) is 5.75 Å². The number of methoxy groups -OCH3 is 1. The molecule has 0 aliphatic rings. The van der Waals surface area contributed by atoms with Crippen molar-refractivity contribution >= 4 is 39.4 Å². The molecule has 32 heavy (non-hydrogen) atoms. The van der Waals surface area contributed by atoms with Crippen molar-refractivity contribution in [3.05, 3.63) is 94.6 Å². The molecule has 0 radical (unpaired) electrons. The van der Waals surface area contributed by atoms with Gasteiger partial charge in [0.2, 0.25) is 0 Å². The molecule has 3 aromatic carbocycles. The van der Waals surface area contributed by atoms with Crippen molar-refractivity contribution in [2.45, 2.75) is 4.90 Å². The lowest BCUT2D eigenvalue weighted by Crippen LogP contribution is -2.15. The fraction of sp³-hybridized carbons (Fsp3) is 0.0455. The van der Waals surface area contributed by atoms with E-state index < -0.39 is 14.9 Å². The Bertz CT molecular complexity index is 1260. The third kappa shape index (κ3) is 5.70. The molecule has 0 saturated heterocycles. The summed E-state index contributed by atoms with van der Waals surface area (Å²) in [5, 5.41) is 15.2. The Morgan fingerprint density at radius 3 is 2.44 bits per heavy atom. The summed E-state index contributed by atoms with van der Waals surface area (Å²) in [6.45, 7) is 0. The number of anilines is 2. The van der Waals surface area contributed by atoms with Crippen LogP contribution in [0, 0.1) is 10.1 Å². The zero-order valence-corrected chi connectivity index (χ0v) is 17.8. The second kappa shape index (κ2) is 10.2. The number of ether oxygens (including phenoxy) is 1. The fourth-order valence-corrected chi connectivity index (χ4v) is 3.98. The largest absolute Gasteiger partial charge is 0.495 e. The number of allylic oxidation sites excluding steroid dienone is 1. The third-order valence-electron chi connectivity index (χ3n) is 4.25. The summed E-state index contributed by atoms with van der Waals surface area (Å²) in [6, 6.07) is 19.4. The third-order valence-corrected chi connectivity index (χ3v) is 5.66. The summed E-state index contributed by atoms with van der Waals surface area (Å²) >= 11 is 0. The van der Waals surface area contributed by atoms with E-state index in [9.17, 15) is 18.5 Å². The lowest BCUT2D eigenvalue weighted by Gasteiger charge is -2.14. The second-order valence-electron chi connectivity index (χ2n) is 6.40. The molecule has 9 nitrogen and oxygen atoms in total. The van der Waals surface area contributed by atoms with Crippen LogP contribution in [0.25, 0.3) is 6.08 Å². The van der Waals surface area contributed by atoms with Crippen molar-refractivity contribution in [3.63, 3.8) is 0 Å². The average molecular weight is 452 g/mol. The Morgan fingerprint density at radius 1 is 1.00 bits per heavy atom. The van der Waals surface area contributed by atoms with Gasteiger partial charge in [0.25, 0.3) is 15.7 Å². The van der Waals surface area contributed by atoms with Crippen molar-refractivity contribution in [1.82, 2.24) is 0 Å². The molecule has 3 rings (SSSR count). The minimum Gasteiger partial charge on any atom is -0.495 e. The van der Waals surface area contributed by atoms with Crippen molar-refractivity contribution in [2.75, 3.05) is 17.3 Å². The number of nitrogens with one attached hydrogen (secondary N) is 2. The molecule has 0 heterocycles. The lowest BCUT2D eigenvalue weighted by atomic mass is 10.2. The van der Waals surface area contributed by atoms with Crippen LogP contribution in [0.2, 0.25) is 0 Å². The number of rotatable bonds is 9. The van der Waals surface area contributed by atoms with E-state index in [1.807, 2.05) is 36.4 Å². The van der Waals surface area contributed by atoms with E-state index in [1.165, 1.54) is 31.5 Å². The van der Waals surface area contributed by atoms with E-state index in [-0.39, 0.29) is 22.0 Å². The smallest absolute Gasteiger partial charge is 0.270 e. The van der Waals surface area contributed by atoms with Crippen molar-refractivity contribution < 1.29 is 18.1 Å². The Balaban J connectivity index is 1.88. The quantitative estimate of drug-likeness (QED) is 0.280. The number of sulfonamides is 1. The van der Waals surface area contributed by atoms with E-state index in [0.717, 1.165) is 11.6 Å². The molecule has 0 spiro atoms. The summed E-state index contributed by atoms with van der Waals surface area (Å²) in [7, 11) is -2.80. The van der Waals surface area contributed by atoms with E-state index >= 15 is 0 Å². The first-order chi connectivity index (χ1) is 15.4. The van der Waals surface area contributed by atoms with E-state index in [4.69, 9.17) is 4.74 Å². The number of para-hydroxylation sites is 2. The molecule has 164 valence electrons. The van der Waals surface area contributed by atoms with Gasteiger partial charge in [0.15, 0.2) is 0 Å². The Morgan fingerprint density at radius 2 is 1.72 bits per heavy atom. The van der Waals surface area contributed by atoms with E-state index in [2.05, 4.69) is 15.2 Å². The van der Waals surface area contributed by atoms with Gasteiger partial charge in [-0.1, -0.05) is 48.5 Å². The molecule has 0 amide bonds. The molecule has 10 heteroatoms. The number of hydrogen-bond donors (Lipinski definition) is 2. The monoisotopic (exact) mass is 452 g/mol. The van der Waals surface area contributed by atoms with Crippen LogP contribution in [-0.2, 0) is 10.0 Å². The number of benzene rings is 3. The summed E-state index contributed by atoms with van der Waals surface area (Å²) in [5.74, 6) is 0.306. The van der Waals surface area contributed by atoms with Crippen LogP contribution >= 0.6 is 0 Å². The number of non-ortho nitro benzene ring substituents is 1. The Kier molecular flexibility index (Phi) is 7.19. The first kappa shape index (κ1) is 22.5. The highest BCUT2D eigenvalue weighted by molar-refractivity contribution is 7.93. The molecule has 0 atom stereocenters. The first-order valence-corrected chi connectivity index (χ1v) is 10.8. The van der Waals surface area contributed by atoms with Gasteiger partial charge in [-0.05, 0) is 29.8 Å². The van der Waals surface area contributed by atoms with Crippen LogP contribution in [0.4, 0.5) is 17.1 Å². The van der Waals surface area contributed by atoms with Gasteiger partial charge >= 0.3 is 0 Å². The first-order valence-electron chi connectivity index (χ1n) is 9.36. The minimum absolute atomic E-state index is 0.0716. The highest BCUT2D eigenvalue weighted by Crippen LogP contribution is 2.31. The molecule has 0 aliphatic heterocycles. The molecule has 0 aliphatic carbocycles. The maximum absolute atomic E-state index is 13.0. The minimum atomic E-state index is -4.21. The van der Waals surface area contributed by atoms with Crippen molar-refractivity contribution in [2.24, 2.45) is 5.10 Å². The van der Waals surface area contributed by atoms with Crippen molar-refractivity contribution in [1.29, 1.82) is 0 Å². The number of hydrogen-bond acceptors (Lipinski definition) is 7. The van der Waals surface area contributed by atoms with Crippen LogP contribution < -0.4 is 14.9 Å². The second-order valence-corrected chi connectivity index (χ2v) is 8.05. The van der Waals surface area contributed by atoms with Gasteiger partial charge in [0.05, 0.1) is 23.4 Å². The van der Waals surface area contributed by atoms with Gasteiger partial charge in [-0.25, -0.2) is 8.42 Å². The summed E-state index contributed by atoms with van der Waals surface area (Å²) in [5.41, 5.74) is 3.50. The van der Waals surface area contributed by atoms with Crippen LogP contribution in [-0.4, -0.2) is 26.7 Å². The fourth-order valence-electron chi connectivity index (χ4n) is 2.74. The van der Waals surface area contributed by atoms with Crippen LogP contribution in [0.5, 0.6) is 5.75 Å². The predicted molar refractivity (Wildman–Crippen MR) is 124 cm³/mol. The van der Waals surface area contributed by atoms with Crippen LogP contribution in [0.3, 0.4) is 0 Å². The SMILES string of the molecule is COc1ccccc1NS(=O)(=O)c1cc([N+](=O)[O-])ccc1N/N=C/C=C/c1ccccc1. The standard InChI is InChI=1S/C22H20N4O5S/c1-31-21-12-6-5-11-19(21)25-32(29,30)22-16-18(26(27)28)13-14-20(22)24-23-15-7-10-17-8-3-2-4-9-17/h2-16,24-25H,1H3/b10-7+,23-15+. The zero-order chi connectivity index (χ0) is 23.0. The molecular weight excluding hydrogens is 432 g/mol. The zero-order valence-electron chi connectivity index (χ0n) is 17.0. The van der Waals surface area contributed by atoms with E-state index in [0.29, 0.717) is 5.75 Å². The maximum atomic E-state index is 13.0. The molecule has 0 saturated carbocycles. The molecule has 0 aromatic heterocycles. The highest BCUT2D eigenvalue weighted by atomic mass is 32.2. The molecule has 0 fully saturated rings. The average Bonchev–Trinajstić information content (AvgIpc) is 2.79. The molecule has 0 unspecified atom stereocenters. The number of hydrazone groups is 1. The number of nitrogens with zero attached hydrogens (tertiary/aromatic N) is 2. The van der Waals surface area contributed by atoms with Crippen LogP contribution in [0.15, 0.2) is 88.9 Å². The summed E-state index contributed by atoms with van der Waals surface area (Å²) in [6.07, 6.45) is 4.94. The summed E-state index contributed by atoms with van der Waals surface area (Å²) in [4.78, 5) is 10.2. The Labute approximate surface area is 185 Å². The van der Waals surface area contributed by atoms with Crippen LogP contribution in [0.1, 0.15) is 5.56 Å². The molecule has 0 bridgehead atoms. The van der Waals surface area contributed by atoms with Gasteiger partial charge in [0, 0.05) is 18.3 Å². The number of nitro benzene ring substituents is 1. The number of nitro groups is 1. The van der Waals surface area contributed by atoms with Gasteiger partial charge in [-0.15, -0.1) is 0 Å². The molecular formula is C22H20N4O5S. The van der Waals surface area contributed by atoms with Gasteiger partial charge < -0.3 is 4.74 Å². The predicted octanol–water partition coefficient (Wildman–Crippen LogP) is 4.52.